The van der Waals surface area contributed by atoms with Gasteiger partial charge in [-0.25, -0.2) is 43.9 Å². The number of hydrogen-bond donors (Lipinski definition) is 0. The van der Waals surface area contributed by atoms with E-state index >= 15 is 0 Å². The molecule has 0 N–H and O–H groups in total. The number of hydrogen-bond acceptors (Lipinski definition) is 12. The fraction of sp³-hybridized carbons (Fsp3) is 0.400. The SMILES string of the molecule is CCCCC(CC)CN1C(=O)c2c(Cl)c(Cl)c3c4c(c(Cl)c(Cl)c(c24)C1=O)C(=O)N(CC(CC)CCCC)C3=O.CCCCC(CC)CN1C(=O)c2cc(Cl)c3c4c(c(Cl)c(Cl)c(c24)C1=O)C(=O)N(CC(CC)CCCC)C3=O.O=C1c2cc(Cl)c3c4c(cc(Cl)c(c24)C(=O)N1CCc1c(F)c(F)c(F)c(F)c1F)C(=O)N(CCc1c(F)c(F)c(F)c(F)c1F)C3=O. The van der Waals surface area contributed by atoms with Crippen LogP contribution in [-0.2, 0) is 12.8 Å². The number of imide groups is 6. The Hall–Kier alpha value is -8.71. The normalized spacial score (nSPS) is 15.6. The first-order chi connectivity index (χ1) is 60.2. The van der Waals surface area contributed by atoms with Crippen LogP contribution in [0.3, 0.4) is 0 Å². The molecular formula is C90H79Cl9F10N6O12. The first-order valence-corrected chi connectivity index (χ1v) is 44.8. The minimum Gasteiger partial charge on any atom is -0.274 e. The minimum absolute atomic E-state index is 0.0209. The second kappa shape index (κ2) is 39.1. The van der Waals surface area contributed by atoms with Gasteiger partial charge in [0.25, 0.3) is 70.9 Å². The van der Waals surface area contributed by atoms with E-state index in [0.29, 0.717) is 9.80 Å². The van der Waals surface area contributed by atoms with E-state index in [1.54, 1.807) is 0 Å². The van der Waals surface area contributed by atoms with Crippen LogP contribution in [0.5, 0.6) is 0 Å². The highest BCUT2D eigenvalue weighted by Crippen LogP contribution is 2.53. The summed E-state index contributed by atoms with van der Waals surface area (Å²) in [5.41, 5.74) is -4.40. The van der Waals surface area contributed by atoms with Crippen molar-refractivity contribution in [1.29, 1.82) is 0 Å². The predicted molar refractivity (Wildman–Crippen MR) is 462 cm³/mol. The van der Waals surface area contributed by atoms with E-state index in [-0.39, 0.29) is 162 Å². The molecule has 0 bridgehead atoms. The molecule has 4 unspecified atom stereocenters. The fourth-order valence-electron chi connectivity index (χ4n) is 17.3. The van der Waals surface area contributed by atoms with Crippen LogP contribution in [0.25, 0.3) is 32.3 Å². The predicted octanol–water partition coefficient (Wildman–Crippen LogP) is 24.7. The highest BCUT2D eigenvalue weighted by Gasteiger charge is 2.50. The van der Waals surface area contributed by atoms with E-state index in [4.69, 9.17) is 104 Å². The van der Waals surface area contributed by atoms with Gasteiger partial charge in [0, 0.05) is 82.7 Å². The van der Waals surface area contributed by atoms with Crippen LogP contribution in [0.1, 0.15) is 294 Å². The molecule has 0 radical (unpaired) electrons. The largest absolute Gasteiger partial charge is 0.274 e. The highest BCUT2D eigenvalue weighted by molar-refractivity contribution is 6.56. The summed E-state index contributed by atoms with van der Waals surface area (Å²) in [5.74, 6) is -31.8. The maximum absolute atomic E-state index is 14.3. The summed E-state index contributed by atoms with van der Waals surface area (Å²) >= 11 is 59.7. The van der Waals surface area contributed by atoms with Crippen molar-refractivity contribution in [3.63, 3.8) is 0 Å². The molecule has 6 aliphatic heterocycles. The Morgan fingerprint density at radius 3 is 0.661 bits per heavy atom. The number of carbonyl (C=O) groups excluding carboxylic acids is 12. The van der Waals surface area contributed by atoms with E-state index in [0.717, 1.165) is 125 Å². The lowest BCUT2D eigenvalue weighted by Gasteiger charge is -2.36. The molecule has 18 nitrogen and oxygen atoms in total. The molecule has 6 heterocycles. The Kier molecular flexibility index (Phi) is 30.0. The number of benzene rings is 8. The van der Waals surface area contributed by atoms with Crippen molar-refractivity contribution in [2.75, 3.05) is 39.3 Å². The molecule has 0 aromatic heterocycles. The number of amides is 12. The molecule has 0 saturated heterocycles. The quantitative estimate of drug-likeness (QED) is 0.0177. The van der Waals surface area contributed by atoms with Crippen molar-refractivity contribution in [2.45, 2.75) is 171 Å². The summed E-state index contributed by atoms with van der Waals surface area (Å²) in [6, 6.07) is 3.18. The third kappa shape index (κ3) is 16.7. The molecule has 4 atom stereocenters. The summed E-state index contributed by atoms with van der Waals surface area (Å²) in [6.07, 6.45) is 12.4. The maximum atomic E-state index is 14.3. The Labute approximate surface area is 766 Å². The number of nitrogens with zero attached hydrogens (tertiary/aromatic N) is 6. The highest BCUT2D eigenvalue weighted by atomic mass is 35.5. The van der Waals surface area contributed by atoms with E-state index < -0.39 is 198 Å². The molecule has 12 amide bonds. The molecule has 0 fully saturated rings. The van der Waals surface area contributed by atoms with Crippen molar-refractivity contribution in [3.05, 3.63) is 199 Å². The van der Waals surface area contributed by atoms with E-state index in [1.165, 1.54) is 15.9 Å². The van der Waals surface area contributed by atoms with Crippen LogP contribution in [0.2, 0.25) is 45.2 Å². The average molecular weight is 1950 g/mol. The second-order valence-corrected chi connectivity index (χ2v) is 35.4. The first-order valence-electron chi connectivity index (χ1n) is 41.4. The zero-order valence-electron chi connectivity index (χ0n) is 69.3. The first kappa shape index (κ1) is 97.4. The molecular weight excluding hydrogens is 1870 g/mol. The van der Waals surface area contributed by atoms with Gasteiger partial charge in [0.15, 0.2) is 46.5 Å². The molecule has 37 heteroatoms. The Morgan fingerprint density at radius 1 is 0.244 bits per heavy atom. The third-order valence-electron chi connectivity index (χ3n) is 24.5. The second-order valence-electron chi connectivity index (χ2n) is 31.9. The molecule has 0 spiro atoms. The Morgan fingerprint density at radius 2 is 0.425 bits per heavy atom. The van der Waals surface area contributed by atoms with Gasteiger partial charge < -0.3 is 0 Å². The van der Waals surface area contributed by atoms with Gasteiger partial charge in [0.2, 0.25) is 11.6 Å². The van der Waals surface area contributed by atoms with Gasteiger partial charge in [-0.2, -0.15) is 0 Å². The van der Waals surface area contributed by atoms with Gasteiger partial charge in [-0.15, -0.1) is 0 Å². The molecule has 127 heavy (non-hydrogen) atoms. The molecule has 6 aliphatic rings. The van der Waals surface area contributed by atoms with Crippen LogP contribution in [-0.4, -0.2) is 140 Å². The van der Waals surface area contributed by atoms with E-state index in [1.807, 2.05) is 27.7 Å². The topological polar surface area (TPSA) is 224 Å². The van der Waals surface area contributed by atoms with Crippen LogP contribution in [0.15, 0.2) is 18.2 Å². The fourth-order valence-corrected chi connectivity index (χ4v) is 19.8. The van der Waals surface area contributed by atoms with Crippen molar-refractivity contribution in [1.82, 2.24) is 29.4 Å². The van der Waals surface area contributed by atoms with Gasteiger partial charge >= 0.3 is 0 Å². The summed E-state index contributed by atoms with van der Waals surface area (Å²) in [7, 11) is 0. The van der Waals surface area contributed by atoms with Gasteiger partial charge in [-0.3, -0.25) is 86.9 Å². The van der Waals surface area contributed by atoms with Gasteiger partial charge in [0.05, 0.1) is 112 Å². The molecule has 8 aromatic carbocycles. The minimum atomic E-state index is -2.42. The molecule has 8 aromatic rings. The van der Waals surface area contributed by atoms with E-state index in [9.17, 15) is 101 Å². The van der Waals surface area contributed by atoms with Crippen molar-refractivity contribution >= 4 is 208 Å². The lowest BCUT2D eigenvalue weighted by atomic mass is 9.84. The molecule has 674 valence electrons. The number of halogens is 19. The van der Waals surface area contributed by atoms with Gasteiger partial charge in [-0.05, 0) is 80.4 Å². The van der Waals surface area contributed by atoms with Crippen LogP contribution in [0, 0.1) is 81.8 Å². The van der Waals surface area contributed by atoms with E-state index in [2.05, 4.69) is 27.7 Å². The van der Waals surface area contributed by atoms with Crippen LogP contribution < -0.4 is 0 Å². The van der Waals surface area contributed by atoms with Gasteiger partial charge in [0.1, 0.15) is 0 Å². The maximum Gasteiger partial charge on any atom is 0.262 e. The average Bonchev–Trinajstić information content (AvgIpc) is 0.696. The van der Waals surface area contributed by atoms with Crippen LogP contribution in [0.4, 0.5) is 43.9 Å². The lowest BCUT2D eigenvalue weighted by molar-refractivity contribution is 0.0559. The lowest BCUT2D eigenvalue weighted by Crippen LogP contribution is -2.46. The summed E-state index contributed by atoms with van der Waals surface area (Å²) < 4.78 is 139. The number of rotatable bonds is 30. The Bertz CT molecular complexity index is 5740. The summed E-state index contributed by atoms with van der Waals surface area (Å²) in [5, 5.41) is -1.98. The standard InChI is InChI=1S/C30H34Cl4N2O4.C30H35Cl3N2O4.C30H10Cl2F10N2O4/c1-5-9-11-15(7-3)13-35-27(37)19-17-18-21(25(33)23(19)31)29(39)36(14-16(8-4)12-10-6-2)30(40)22(18)26(34)24(32)20(17)28(35)38;1-5-9-11-16(7-3)14-34-27(36)18-13-19(31)21-22-20(18)23(29(34)38)25(32)26(33)24(22)30(39)35(28(21)37)15-17(8-4)12-10-6-2;31-11-6-10-14-13-9(27(45)43(29(47)15(11)13)3-1-7-17(33)21(37)25(41)22(38)18(7)34)5-12(32)16(14)30(48)44(28(10)46)4-2-8-19(35)23(39)26(42)24(40)20(8)36/h15-16H,5-14H2,1-4H3;13,16-17H,5-12,14-15H2,1-4H3;5-6H,1-4H2. The monoisotopic (exact) mass is 1940 g/mol. The summed E-state index contributed by atoms with van der Waals surface area (Å²) in [6.45, 7) is 15.4. The van der Waals surface area contributed by atoms with Crippen molar-refractivity contribution in [2.24, 2.45) is 23.7 Å². The summed E-state index contributed by atoms with van der Waals surface area (Å²) in [4.78, 5) is 170. The number of carbonyl (C=O) groups is 12. The van der Waals surface area contributed by atoms with Gasteiger partial charge in [-0.1, -0.05) is 237 Å². The smallest absolute Gasteiger partial charge is 0.262 e. The molecule has 0 aliphatic carbocycles. The zero-order chi connectivity index (χ0) is 93.3. The van der Waals surface area contributed by atoms with Crippen molar-refractivity contribution < 1.29 is 101 Å². The molecule has 14 rings (SSSR count). The van der Waals surface area contributed by atoms with Crippen LogP contribution >= 0.6 is 104 Å². The number of unbranched alkanes of at least 4 members (excludes halogenated alkanes) is 4. The molecule has 0 saturated carbocycles. The zero-order valence-corrected chi connectivity index (χ0v) is 76.1. The third-order valence-corrected chi connectivity index (χ3v) is 28.0. The Balaban J connectivity index is 0.000000174. The van der Waals surface area contributed by atoms with Crippen molar-refractivity contribution in [3.8, 4) is 0 Å².